The highest BCUT2D eigenvalue weighted by molar-refractivity contribution is 7.98. The van der Waals surface area contributed by atoms with Gasteiger partial charge in [-0.2, -0.15) is 0 Å². The third-order valence-electron chi connectivity index (χ3n) is 2.74. The van der Waals surface area contributed by atoms with Crippen molar-refractivity contribution in [2.24, 2.45) is 0 Å². The van der Waals surface area contributed by atoms with Crippen molar-refractivity contribution in [2.45, 2.75) is 11.4 Å². The smallest absolute Gasteiger partial charge is 0.130 e. The fourth-order valence-corrected chi connectivity index (χ4v) is 2.16. The standard InChI is InChI=1S/C14H17N3OS/c1-18-12-6-4-3-5-11(12)7-8-15-13-9-14(19-2)17-10-16-13/h3-6,9-10H,7-8H2,1-2H3,(H,15,16,17). The molecule has 0 amide bonds. The number of aromatic nitrogens is 2. The van der Waals surface area contributed by atoms with Crippen molar-refractivity contribution in [1.82, 2.24) is 9.97 Å². The molecule has 0 bridgehead atoms. The minimum absolute atomic E-state index is 0.811. The molecule has 0 saturated carbocycles. The van der Waals surface area contributed by atoms with E-state index in [2.05, 4.69) is 21.4 Å². The molecule has 2 rings (SSSR count). The van der Waals surface area contributed by atoms with Crippen molar-refractivity contribution in [1.29, 1.82) is 0 Å². The van der Waals surface area contributed by atoms with Gasteiger partial charge in [-0.15, -0.1) is 11.8 Å². The Kier molecular flexibility index (Phi) is 5.03. The van der Waals surface area contributed by atoms with Crippen molar-refractivity contribution in [3.63, 3.8) is 0 Å². The lowest BCUT2D eigenvalue weighted by molar-refractivity contribution is 0.410. The van der Waals surface area contributed by atoms with Crippen molar-refractivity contribution in [3.8, 4) is 5.75 Å². The SMILES string of the molecule is COc1ccccc1CCNc1cc(SC)ncn1. The Bertz CT molecular complexity index is 534. The number of thioether (sulfide) groups is 1. The highest BCUT2D eigenvalue weighted by Gasteiger charge is 2.02. The maximum absolute atomic E-state index is 5.33. The van der Waals surface area contributed by atoms with Crippen molar-refractivity contribution >= 4 is 17.6 Å². The number of methoxy groups -OCH3 is 1. The Labute approximate surface area is 117 Å². The molecule has 4 nitrogen and oxygen atoms in total. The van der Waals surface area contributed by atoms with Crippen molar-refractivity contribution in [3.05, 3.63) is 42.2 Å². The molecule has 100 valence electrons. The molecule has 1 aromatic heterocycles. The highest BCUT2D eigenvalue weighted by Crippen LogP contribution is 2.18. The second-order valence-corrected chi connectivity index (χ2v) is 4.76. The molecule has 0 aliphatic carbocycles. The lowest BCUT2D eigenvalue weighted by atomic mass is 10.1. The number of benzene rings is 1. The second kappa shape index (κ2) is 6.99. The molecule has 0 spiro atoms. The lowest BCUT2D eigenvalue weighted by Crippen LogP contribution is -2.07. The fourth-order valence-electron chi connectivity index (χ4n) is 1.78. The highest BCUT2D eigenvalue weighted by atomic mass is 32.2. The molecular weight excluding hydrogens is 258 g/mol. The summed E-state index contributed by atoms with van der Waals surface area (Å²) in [7, 11) is 1.70. The van der Waals surface area contributed by atoms with Crippen LogP contribution in [0.3, 0.4) is 0 Å². The summed E-state index contributed by atoms with van der Waals surface area (Å²) in [5, 5.41) is 4.27. The number of hydrogen-bond donors (Lipinski definition) is 1. The van der Waals surface area contributed by atoms with Gasteiger partial charge in [-0.3, -0.25) is 0 Å². The molecule has 0 aliphatic heterocycles. The number of anilines is 1. The van der Waals surface area contributed by atoms with Gasteiger partial charge in [0.2, 0.25) is 0 Å². The van der Waals surface area contributed by atoms with Gasteiger partial charge in [0.25, 0.3) is 0 Å². The van der Waals surface area contributed by atoms with Gasteiger partial charge in [0.1, 0.15) is 22.9 Å². The lowest BCUT2D eigenvalue weighted by Gasteiger charge is -2.09. The predicted molar refractivity (Wildman–Crippen MR) is 79.0 cm³/mol. The maximum atomic E-state index is 5.33. The van der Waals surface area contributed by atoms with Gasteiger partial charge in [-0.1, -0.05) is 18.2 Å². The van der Waals surface area contributed by atoms with Crippen molar-refractivity contribution in [2.75, 3.05) is 25.2 Å². The van der Waals surface area contributed by atoms with E-state index in [1.54, 1.807) is 25.2 Å². The van der Waals surface area contributed by atoms with E-state index in [-0.39, 0.29) is 0 Å². The molecular formula is C14H17N3OS. The van der Waals surface area contributed by atoms with Crippen LogP contribution < -0.4 is 10.1 Å². The zero-order valence-electron chi connectivity index (χ0n) is 11.1. The normalized spacial score (nSPS) is 10.2. The molecule has 0 radical (unpaired) electrons. The van der Waals surface area contributed by atoms with Crippen LogP contribution in [0.1, 0.15) is 5.56 Å². The zero-order chi connectivity index (χ0) is 13.5. The summed E-state index contributed by atoms with van der Waals surface area (Å²) in [5.74, 6) is 1.78. The minimum atomic E-state index is 0.811. The quantitative estimate of drug-likeness (QED) is 0.649. The van der Waals surface area contributed by atoms with E-state index in [0.717, 1.165) is 29.6 Å². The van der Waals surface area contributed by atoms with Crippen LogP contribution in [-0.2, 0) is 6.42 Å². The Balaban J connectivity index is 1.92. The Hall–Kier alpha value is -1.75. The van der Waals surface area contributed by atoms with E-state index in [1.807, 2.05) is 30.5 Å². The molecule has 0 fully saturated rings. The number of nitrogens with one attached hydrogen (secondary N) is 1. The van der Waals surface area contributed by atoms with Crippen LogP contribution >= 0.6 is 11.8 Å². The molecule has 19 heavy (non-hydrogen) atoms. The summed E-state index contributed by atoms with van der Waals surface area (Å²) < 4.78 is 5.33. The fraction of sp³-hybridized carbons (Fsp3) is 0.286. The van der Waals surface area contributed by atoms with E-state index >= 15 is 0 Å². The van der Waals surface area contributed by atoms with Crippen LogP contribution in [0.25, 0.3) is 0 Å². The molecule has 0 unspecified atom stereocenters. The zero-order valence-corrected chi connectivity index (χ0v) is 11.9. The number of ether oxygens (including phenoxy) is 1. The minimum Gasteiger partial charge on any atom is -0.496 e. The Morgan fingerprint density at radius 1 is 1.26 bits per heavy atom. The number of hydrogen-bond acceptors (Lipinski definition) is 5. The Morgan fingerprint density at radius 3 is 2.89 bits per heavy atom. The molecule has 1 N–H and O–H groups in total. The number of para-hydroxylation sites is 1. The van der Waals surface area contributed by atoms with Gasteiger partial charge in [0, 0.05) is 12.6 Å². The first-order valence-corrected chi connectivity index (χ1v) is 7.27. The van der Waals surface area contributed by atoms with E-state index in [4.69, 9.17) is 4.74 Å². The first-order chi connectivity index (χ1) is 9.33. The first kappa shape index (κ1) is 13.7. The molecule has 1 heterocycles. The monoisotopic (exact) mass is 275 g/mol. The van der Waals surface area contributed by atoms with E-state index < -0.39 is 0 Å². The molecule has 0 atom stereocenters. The average Bonchev–Trinajstić information content (AvgIpc) is 2.48. The van der Waals surface area contributed by atoms with Crippen LogP contribution in [0.5, 0.6) is 5.75 Å². The summed E-state index contributed by atoms with van der Waals surface area (Å²) in [4.78, 5) is 8.34. The molecule has 0 aliphatic rings. The Morgan fingerprint density at radius 2 is 2.11 bits per heavy atom. The van der Waals surface area contributed by atoms with Gasteiger partial charge in [0.15, 0.2) is 0 Å². The second-order valence-electron chi connectivity index (χ2n) is 3.93. The largest absolute Gasteiger partial charge is 0.496 e. The first-order valence-electron chi connectivity index (χ1n) is 6.05. The topological polar surface area (TPSA) is 47.0 Å². The number of rotatable bonds is 6. The van der Waals surface area contributed by atoms with Crippen LogP contribution in [0.15, 0.2) is 41.7 Å². The van der Waals surface area contributed by atoms with Crippen LogP contribution in [0.4, 0.5) is 5.82 Å². The van der Waals surface area contributed by atoms with Gasteiger partial charge < -0.3 is 10.1 Å². The molecule has 1 aromatic carbocycles. The van der Waals surface area contributed by atoms with Crippen molar-refractivity contribution < 1.29 is 4.74 Å². The molecule has 0 saturated heterocycles. The summed E-state index contributed by atoms with van der Waals surface area (Å²) in [6.07, 6.45) is 4.47. The van der Waals surface area contributed by atoms with E-state index in [9.17, 15) is 0 Å². The summed E-state index contributed by atoms with van der Waals surface area (Å²) in [6.45, 7) is 0.811. The summed E-state index contributed by atoms with van der Waals surface area (Å²) in [6, 6.07) is 10.0. The van der Waals surface area contributed by atoms with E-state index in [0.29, 0.717) is 0 Å². The molecule has 5 heteroatoms. The van der Waals surface area contributed by atoms with Crippen LogP contribution in [-0.4, -0.2) is 29.9 Å². The summed E-state index contributed by atoms with van der Waals surface area (Å²) >= 11 is 1.61. The van der Waals surface area contributed by atoms with Gasteiger partial charge in [-0.05, 0) is 24.3 Å². The third-order valence-corrected chi connectivity index (χ3v) is 3.39. The maximum Gasteiger partial charge on any atom is 0.130 e. The van der Waals surface area contributed by atoms with Gasteiger partial charge in [-0.25, -0.2) is 9.97 Å². The predicted octanol–water partition coefficient (Wildman–Crippen LogP) is 2.86. The average molecular weight is 275 g/mol. The molecule has 2 aromatic rings. The summed E-state index contributed by atoms with van der Waals surface area (Å²) in [5.41, 5.74) is 1.19. The van der Waals surface area contributed by atoms with Crippen LogP contribution in [0, 0.1) is 0 Å². The van der Waals surface area contributed by atoms with E-state index in [1.165, 1.54) is 5.56 Å². The number of nitrogens with zero attached hydrogens (tertiary/aromatic N) is 2. The van der Waals surface area contributed by atoms with Gasteiger partial charge in [0.05, 0.1) is 7.11 Å². The van der Waals surface area contributed by atoms with Gasteiger partial charge >= 0.3 is 0 Å². The third kappa shape index (κ3) is 3.86. The van der Waals surface area contributed by atoms with Crippen LogP contribution in [0.2, 0.25) is 0 Å².